The first kappa shape index (κ1) is 112. The molecule has 21 heterocycles. The lowest BCUT2D eigenvalue weighted by Crippen LogP contribution is -2.69. The average molecular weight is 1930 g/mol. The van der Waals surface area contributed by atoms with Crippen molar-refractivity contribution < 1.29 is 204 Å². The van der Waals surface area contributed by atoms with E-state index in [4.69, 9.17) is 133 Å². The van der Waals surface area contributed by atoms with Crippen molar-refractivity contribution in [3.8, 4) is 0 Å². The highest BCUT2D eigenvalue weighted by Gasteiger charge is 2.63. The largest absolute Gasteiger partial charge is 0.394 e. The summed E-state index contributed by atoms with van der Waals surface area (Å²) in [5, 5.41) is 176. The third kappa shape index (κ3) is 30.0. The van der Waals surface area contributed by atoms with Crippen molar-refractivity contribution in [1.29, 1.82) is 0 Å². The van der Waals surface area contributed by atoms with Gasteiger partial charge in [-0.25, -0.2) is 0 Å². The van der Waals surface area contributed by atoms with Crippen molar-refractivity contribution in [2.45, 2.75) is 258 Å². The van der Waals surface area contributed by atoms with E-state index in [1.165, 1.54) is 0 Å². The topological polar surface area (TPSA) is 883 Å². The van der Waals surface area contributed by atoms with Gasteiger partial charge in [0.15, 0.2) is 44.0 Å². The van der Waals surface area contributed by atoms with Crippen molar-refractivity contribution >= 4 is 0 Å². The summed E-state index contributed by atoms with van der Waals surface area (Å²) in [4.78, 5) is 20.7. The predicted molar refractivity (Wildman–Crippen MR) is 428 cm³/mol. The first-order valence-electron chi connectivity index (χ1n) is 41.7. The number of methoxy groups -OCH3 is 7. The molecule has 21 rings (SSSR count). The molecular formula is C70H119N21O42. The molecule has 0 aromatic rings. The number of aliphatic hydroxyl groups excluding tert-OH is 14. The zero-order valence-corrected chi connectivity index (χ0v) is 73.2. The Morgan fingerprint density at radius 2 is 0.316 bits per heavy atom. The Bertz CT molecular complexity index is 3100. The van der Waals surface area contributed by atoms with Gasteiger partial charge < -0.3 is 204 Å². The monoisotopic (exact) mass is 1930 g/mol. The molecule has 0 radical (unpaired) electrons. The Labute approximate surface area is 756 Å². The lowest BCUT2D eigenvalue weighted by atomic mass is 9.94. The Balaban J connectivity index is 1.43. The fraction of sp³-hybridized carbons (Fsp3) is 1.00. The number of hydrogen-bond donors (Lipinski definition) is 14. The second kappa shape index (κ2) is 58.4. The van der Waals surface area contributed by atoms with E-state index < -0.39 is 396 Å². The summed E-state index contributed by atoms with van der Waals surface area (Å²) in [5.74, 6) is 0. The summed E-state index contributed by atoms with van der Waals surface area (Å²) in [6.07, 6.45) is -74.8. The molecule has 14 N–H and O–H groups in total. The molecule has 0 spiro atoms. The van der Waals surface area contributed by atoms with Crippen LogP contribution in [0.1, 0.15) is 0 Å². The van der Waals surface area contributed by atoms with E-state index in [1.807, 2.05) is 0 Å². The number of hydrogen-bond acceptors (Lipinski definition) is 49. The van der Waals surface area contributed by atoms with E-state index in [0.717, 1.165) is 49.8 Å². The molecule has 63 nitrogen and oxygen atoms in total. The fourth-order valence-corrected chi connectivity index (χ4v) is 16.0. The molecule has 21 fully saturated rings. The number of azide groups is 7. The minimum atomic E-state index is -1.99. The molecular weight excluding hydrogens is 1810 g/mol. The second-order valence-electron chi connectivity index (χ2n) is 30.7. The molecule has 0 aromatic heterocycles. The SMILES string of the molecule is CO[C@@H]1[C@@H](OC[C@@H](O)CO)[C@H]2O[C@H]3[C@H](OC)[C@@H](OC[C@@H](O)CO)[C@@H](O[C@H]4[C@@H](OC)[C@@H](OC[C@@H](O)CO)[C@@H](O[C@H]5[C@@H](OC)[C@@H](OC[C@@H](O)CO)[C@@H](O[C@H]6[C@@H](OC)[C@@H](OC[C@@H](O)CO)[C@@H](O[C@H]7[C@H](OC)[C@@H](OC[C@@H](O)CO)[C@@H](O[C@H]8[C@H](OC)[C@@H](OC[C@@H](O)CO)[C@@H](O[C@@H]1[C@@H](CN=[N+]=[N-])O2)O[C@@H]8CN=[N+]=[N-])O[C@@H]7CN=[N+]=[N-])O[C@@H]6CN=[N+]=[N-])O[C@@H]5CN=[N+]=[N-])O[C@@H]4CN=[N+]=[N-])O[C@@H]3CN=[N+]=[N-]. The third-order valence-electron chi connectivity index (χ3n) is 22.2. The van der Waals surface area contributed by atoms with Crippen LogP contribution < -0.4 is 0 Å². The molecule has 756 valence electrons. The zero-order valence-electron chi connectivity index (χ0n) is 73.2. The molecule has 21 aliphatic heterocycles. The maximum Gasteiger partial charge on any atom is 0.187 e. The molecule has 63 heteroatoms. The smallest absolute Gasteiger partial charge is 0.187 e. The highest BCUT2D eigenvalue weighted by Crippen LogP contribution is 2.44. The van der Waals surface area contributed by atoms with E-state index in [9.17, 15) is 110 Å². The van der Waals surface area contributed by atoms with Gasteiger partial charge in [-0.1, -0.05) is 35.8 Å². The van der Waals surface area contributed by atoms with Crippen molar-refractivity contribution in [3.05, 3.63) is 73.1 Å². The summed E-state index contributed by atoms with van der Waals surface area (Å²) in [5.41, 5.74) is 70.8. The van der Waals surface area contributed by atoms with Crippen molar-refractivity contribution in [3.63, 3.8) is 0 Å². The Hall–Kier alpha value is -6.51. The lowest BCUT2D eigenvalue weighted by Gasteiger charge is -2.53. The summed E-state index contributed by atoms with van der Waals surface area (Å²) in [6, 6.07) is 0. The molecule has 0 saturated carbocycles. The average Bonchev–Trinajstić information content (AvgIpc) is 0.843. The number of rotatable bonds is 49. The van der Waals surface area contributed by atoms with Gasteiger partial charge in [-0.05, 0) is 38.7 Å². The Morgan fingerprint density at radius 3 is 0.406 bits per heavy atom. The van der Waals surface area contributed by atoms with Gasteiger partial charge in [-0.3, -0.25) is 0 Å². The lowest BCUT2D eigenvalue weighted by molar-refractivity contribution is -0.401. The third-order valence-corrected chi connectivity index (χ3v) is 22.2. The molecule has 21 saturated heterocycles. The maximum absolute atomic E-state index is 11.1. The summed E-state index contributed by atoms with van der Waals surface area (Å²) < 4.78 is 184. The van der Waals surface area contributed by atoms with Crippen molar-refractivity contribution in [1.82, 2.24) is 0 Å². The molecule has 0 amide bonds. The highest BCUT2D eigenvalue weighted by molar-refractivity contribution is 5.06. The van der Waals surface area contributed by atoms with Crippen LogP contribution in [0.3, 0.4) is 0 Å². The highest BCUT2D eigenvalue weighted by atomic mass is 16.8. The Kier molecular flexibility index (Phi) is 49.1. The van der Waals surface area contributed by atoms with E-state index in [0.29, 0.717) is 0 Å². The molecule has 14 bridgehead atoms. The van der Waals surface area contributed by atoms with Crippen LogP contribution in [-0.4, -0.2) is 517 Å². The van der Waals surface area contributed by atoms with Crippen LogP contribution in [0.4, 0.5) is 0 Å². The normalized spacial score (nSPS) is 38.2. The van der Waals surface area contributed by atoms with Gasteiger partial charge in [-0.2, -0.15) is 0 Å². The van der Waals surface area contributed by atoms with Crippen LogP contribution >= 0.6 is 0 Å². The minimum absolute atomic E-state index is 0.757. The number of nitrogens with zero attached hydrogens (tertiary/aromatic N) is 21. The quantitative estimate of drug-likeness (QED) is 0.0153. The molecule has 0 unspecified atom stereocenters. The van der Waals surface area contributed by atoms with Gasteiger partial charge >= 0.3 is 0 Å². The molecule has 0 aromatic carbocycles. The van der Waals surface area contributed by atoms with Gasteiger partial charge in [0, 0.05) is 84.2 Å². The van der Waals surface area contributed by atoms with Crippen LogP contribution in [0.15, 0.2) is 35.8 Å². The van der Waals surface area contributed by atoms with E-state index >= 15 is 0 Å². The van der Waals surface area contributed by atoms with Gasteiger partial charge in [0.25, 0.3) is 0 Å². The van der Waals surface area contributed by atoms with Crippen LogP contribution in [0.5, 0.6) is 0 Å². The van der Waals surface area contributed by atoms with Gasteiger partial charge in [0.2, 0.25) is 0 Å². The predicted octanol–water partition coefficient (Wildman–Crippen LogP) is -5.78. The fourth-order valence-electron chi connectivity index (χ4n) is 16.0. The molecule has 21 aliphatic rings. The number of aliphatic hydroxyl groups is 14. The van der Waals surface area contributed by atoms with Crippen molar-refractivity contribution in [2.24, 2.45) is 35.8 Å². The maximum atomic E-state index is 11.1. The van der Waals surface area contributed by atoms with Crippen molar-refractivity contribution in [2.75, 3.05) is 188 Å². The minimum Gasteiger partial charge on any atom is -0.394 e. The second-order valence-corrected chi connectivity index (χ2v) is 30.7. The van der Waals surface area contributed by atoms with Crippen LogP contribution in [0.2, 0.25) is 0 Å². The standard InChI is InChI=1S/C70H119N21O42/c1-106-50-43-36(8-78-85-71)120-64(57(50)113-22-29(99)15-92)128-44-37(9-79-86-72)122-66(59(51(44)107-2)115-24-31(101)17-94)130-46-39(11-81-88-74)124-68(61(53(46)109-4)117-26-33(103)19-96)132-48-41(13-83-90-76)126-70(63(55(48)111-6)119-28-35(105)21-98)133-49-42(14-84-91-77)125-69(62(56(49)112-7)118-27-34(104)20-97)131-47-40(12-82-89-75)123-67(60(54(47)110-5)116-25-32(102)18-95)129-45-38(10-80-87-73)121-65(127-43)58(52(45)108-3)114-23-30(100)16-93/h29-70,92-105H,8-28H2,1-7H3/t29-,30-,31-,32-,33-,34-,35-,36+,37+,38+,39+,40+,41+,42+,43+,44+,45+,46+,47+,48+,49+,50-,51-,52-,53-,54+,55+,56+,57+,58+,59+,60+,61+,62+,63+,64+,65+,66+,67+,68+,69+,70+/m0/s1. The summed E-state index contributed by atoms with van der Waals surface area (Å²) in [7, 11) is 7.91. The van der Waals surface area contributed by atoms with E-state index in [1.54, 1.807) is 0 Å². The van der Waals surface area contributed by atoms with Crippen LogP contribution in [-0.2, 0) is 133 Å². The van der Waals surface area contributed by atoms with E-state index in [-0.39, 0.29) is 0 Å². The van der Waals surface area contributed by atoms with Gasteiger partial charge in [0.05, 0.1) is 181 Å². The molecule has 0 aliphatic carbocycles. The van der Waals surface area contributed by atoms with Gasteiger partial charge in [-0.15, -0.1) is 0 Å². The Morgan fingerprint density at radius 1 is 0.203 bits per heavy atom. The molecule has 133 heavy (non-hydrogen) atoms. The van der Waals surface area contributed by atoms with E-state index in [2.05, 4.69) is 70.2 Å². The zero-order chi connectivity index (χ0) is 96.8. The number of ether oxygens (including phenoxy) is 28. The van der Waals surface area contributed by atoms with Gasteiger partial charge in [0.1, 0.15) is 171 Å². The summed E-state index contributed by atoms with van der Waals surface area (Å²) >= 11 is 0. The molecule has 42 atom stereocenters. The summed E-state index contributed by atoms with van der Waals surface area (Å²) in [6.45, 7) is -17.4. The van der Waals surface area contributed by atoms with Crippen LogP contribution in [0, 0.1) is 0 Å². The van der Waals surface area contributed by atoms with Crippen LogP contribution in [0.25, 0.3) is 73.1 Å². The first-order valence-corrected chi connectivity index (χ1v) is 41.7. The first-order chi connectivity index (χ1) is 64.4.